The minimum absolute atomic E-state index is 0.106. The molecule has 38 heavy (non-hydrogen) atoms. The lowest BCUT2D eigenvalue weighted by atomic mass is 10.0. The van der Waals surface area contributed by atoms with Crippen molar-refractivity contribution in [2.75, 3.05) is 11.9 Å². The van der Waals surface area contributed by atoms with Gasteiger partial charge in [0.05, 0.1) is 29.8 Å². The van der Waals surface area contributed by atoms with Crippen LogP contribution in [0.25, 0.3) is 11.0 Å². The highest BCUT2D eigenvalue weighted by Crippen LogP contribution is 2.36. The van der Waals surface area contributed by atoms with Crippen LogP contribution in [-0.2, 0) is 4.79 Å². The van der Waals surface area contributed by atoms with E-state index < -0.39 is 18.1 Å². The highest BCUT2D eigenvalue weighted by Gasteiger charge is 2.26. The number of imidazole rings is 1. The topological polar surface area (TPSA) is 116 Å². The smallest absolute Gasteiger partial charge is 0.305 e. The molecule has 5 aromatic rings. The average Bonchev–Trinajstić information content (AvgIpc) is 3.60. The van der Waals surface area contributed by atoms with E-state index in [1.165, 1.54) is 11.3 Å². The summed E-state index contributed by atoms with van der Waals surface area (Å²) in [5, 5.41) is 14.8. The molecule has 0 aliphatic carbocycles. The highest BCUT2D eigenvalue weighted by atomic mass is 32.1. The minimum atomic E-state index is -0.916. The molecule has 1 amide bonds. The van der Waals surface area contributed by atoms with Crippen molar-refractivity contribution in [2.24, 2.45) is 0 Å². The van der Waals surface area contributed by atoms with Gasteiger partial charge < -0.3 is 24.5 Å². The van der Waals surface area contributed by atoms with E-state index in [1.54, 1.807) is 29.9 Å². The molecule has 0 bridgehead atoms. The van der Waals surface area contributed by atoms with Crippen molar-refractivity contribution in [3.05, 3.63) is 101 Å². The number of nitrogens with one attached hydrogen (secondary N) is 1. The van der Waals surface area contributed by atoms with Crippen LogP contribution in [0, 0.1) is 0 Å². The lowest BCUT2D eigenvalue weighted by Crippen LogP contribution is -2.21. The van der Waals surface area contributed by atoms with Crippen molar-refractivity contribution >= 4 is 39.9 Å². The number of aliphatic carboxylic acids is 1. The predicted molar refractivity (Wildman–Crippen MR) is 142 cm³/mol. The van der Waals surface area contributed by atoms with Gasteiger partial charge in [0.1, 0.15) is 17.3 Å². The second kappa shape index (κ2) is 9.98. The molecule has 1 aliphatic rings. The molecule has 0 saturated carbocycles. The van der Waals surface area contributed by atoms with E-state index in [0.29, 0.717) is 39.8 Å². The molecule has 1 aliphatic heterocycles. The number of rotatable bonds is 7. The van der Waals surface area contributed by atoms with Gasteiger partial charge in [-0.05, 0) is 35.9 Å². The molecule has 2 atom stereocenters. The Kier molecular flexibility index (Phi) is 6.22. The molecule has 3 heterocycles. The molecular weight excluding hydrogens is 504 g/mol. The first-order valence-corrected chi connectivity index (χ1v) is 12.8. The van der Waals surface area contributed by atoms with Gasteiger partial charge in [-0.25, -0.2) is 9.97 Å². The molecular formula is C28H22N4O5S. The fraction of sp³-hybridized carbons (Fsp3) is 0.143. The Morgan fingerprint density at radius 2 is 1.87 bits per heavy atom. The van der Waals surface area contributed by atoms with Crippen molar-refractivity contribution in [2.45, 2.75) is 18.6 Å². The highest BCUT2D eigenvalue weighted by molar-refractivity contribution is 7.09. The number of carboxylic acids is 1. The summed E-state index contributed by atoms with van der Waals surface area (Å²) in [5.74, 6) is 0.0536. The number of hydrogen-bond acceptors (Lipinski definition) is 7. The summed E-state index contributed by atoms with van der Waals surface area (Å²) in [6.07, 6.45) is 1.13. The van der Waals surface area contributed by atoms with Gasteiger partial charge in [-0.15, -0.1) is 11.3 Å². The van der Waals surface area contributed by atoms with Crippen molar-refractivity contribution in [1.29, 1.82) is 0 Å². The van der Waals surface area contributed by atoms with E-state index in [2.05, 4.69) is 15.3 Å². The molecule has 0 saturated heterocycles. The fourth-order valence-electron chi connectivity index (χ4n) is 4.45. The third-order valence-corrected chi connectivity index (χ3v) is 7.20. The molecule has 190 valence electrons. The van der Waals surface area contributed by atoms with Crippen LogP contribution in [0.15, 0.2) is 84.5 Å². The Morgan fingerprint density at radius 3 is 2.68 bits per heavy atom. The molecule has 3 aromatic carbocycles. The second-order valence-electron chi connectivity index (χ2n) is 8.77. The maximum absolute atomic E-state index is 13.0. The maximum Gasteiger partial charge on any atom is 0.305 e. The maximum atomic E-state index is 13.0. The van der Waals surface area contributed by atoms with Crippen LogP contribution in [-0.4, -0.2) is 38.1 Å². The third-order valence-electron chi connectivity index (χ3n) is 6.26. The number of aromatic nitrogens is 3. The number of thiazole rings is 1. The number of hydrogen-bond donors (Lipinski definition) is 2. The predicted octanol–water partition coefficient (Wildman–Crippen LogP) is 5.32. The number of carboxylic acid groups (broad SMARTS) is 1. The molecule has 0 radical (unpaired) electrons. The van der Waals surface area contributed by atoms with Gasteiger partial charge in [-0.1, -0.05) is 42.5 Å². The molecule has 6 rings (SSSR count). The fourth-order valence-corrected chi connectivity index (χ4v) is 5.26. The monoisotopic (exact) mass is 526 g/mol. The average molecular weight is 527 g/mol. The normalized spacial score (nSPS) is 15.2. The molecule has 9 nitrogen and oxygen atoms in total. The van der Waals surface area contributed by atoms with Crippen LogP contribution in [0.5, 0.6) is 11.5 Å². The van der Waals surface area contributed by atoms with E-state index in [0.717, 1.165) is 5.56 Å². The summed E-state index contributed by atoms with van der Waals surface area (Å²) in [7, 11) is 0. The van der Waals surface area contributed by atoms with Gasteiger partial charge in [0, 0.05) is 11.1 Å². The molecule has 0 spiro atoms. The van der Waals surface area contributed by atoms with E-state index >= 15 is 0 Å². The zero-order valence-corrected chi connectivity index (χ0v) is 20.8. The number of carbonyl (C=O) groups is 2. The number of benzene rings is 3. The lowest BCUT2D eigenvalue weighted by Gasteiger charge is -2.24. The molecule has 2 N–H and O–H groups in total. The summed E-state index contributed by atoms with van der Waals surface area (Å²) in [4.78, 5) is 33.6. The molecule has 10 heteroatoms. The van der Waals surface area contributed by atoms with E-state index in [1.807, 2.05) is 59.2 Å². The third kappa shape index (κ3) is 4.69. The number of ether oxygens (including phenoxy) is 2. The van der Waals surface area contributed by atoms with E-state index in [9.17, 15) is 14.7 Å². The molecule has 2 aromatic heterocycles. The molecule has 0 fully saturated rings. The summed E-state index contributed by atoms with van der Waals surface area (Å²) in [6.45, 7) is 0.311. The van der Waals surface area contributed by atoms with Crippen molar-refractivity contribution in [1.82, 2.24) is 14.5 Å². The Hall–Kier alpha value is -4.70. The van der Waals surface area contributed by atoms with Crippen LogP contribution >= 0.6 is 11.3 Å². The standard InChI is InChI=1S/C28H22N4O5S/c33-26(34)13-21(17-6-2-1-3-7-17)32-16-29-19-11-10-18(12-22(19)32)30-27(35)20-15-38-28(31-20)25-14-36-23-8-4-5-9-24(23)37-25/h1-12,15-16,21,25H,13-14H2,(H,30,35)(H,33,34). The van der Waals surface area contributed by atoms with Gasteiger partial charge in [-0.3, -0.25) is 9.59 Å². The van der Waals surface area contributed by atoms with Gasteiger partial charge in [0.25, 0.3) is 5.91 Å². The number of anilines is 1. The Balaban J connectivity index is 1.22. The summed E-state index contributed by atoms with van der Waals surface area (Å²) >= 11 is 1.34. The van der Waals surface area contributed by atoms with Crippen LogP contribution in [0.1, 0.15) is 39.6 Å². The van der Waals surface area contributed by atoms with Crippen LogP contribution in [0.2, 0.25) is 0 Å². The van der Waals surface area contributed by atoms with Crippen molar-refractivity contribution < 1.29 is 24.2 Å². The minimum Gasteiger partial charge on any atom is -0.485 e. The first-order valence-electron chi connectivity index (χ1n) is 11.9. The van der Waals surface area contributed by atoms with E-state index in [-0.39, 0.29) is 18.0 Å². The summed E-state index contributed by atoms with van der Waals surface area (Å²) < 4.78 is 13.6. The first kappa shape index (κ1) is 23.7. The van der Waals surface area contributed by atoms with Gasteiger partial charge in [0.2, 0.25) is 0 Å². The van der Waals surface area contributed by atoms with Crippen LogP contribution in [0.4, 0.5) is 5.69 Å². The number of fused-ring (bicyclic) bond motifs is 2. The van der Waals surface area contributed by atoms with Crippen molar-refractivity contribution in [3.63, 3.8) is 0 Å². The lowest BCUT2D eigenvalue weighted by molar-refractivity contribution is -0.137. The number of nitrogens with zero attached hydrogens (tertiary/aromatic N) is 3. The zero-order chi connectivity index (χ0) is 26.1. The van der Waals surface area contributed by atoms with Crippen LogP contribution in [0.3, 0.4) is 0 Å². The quantitative estimate of drug-likeness (QED) is 0.295. The van der Waals surface area contributed by atoms with Gasteiger partial charge in [-0.2, -0.15) is 0 Å². The SMILES string of the molecule is O=C(O)CC(c1ccccc1)n1cnc2ccc(NC(=O)c3csc(C4COc5ccccc5O4)n3)cc21. The van der Waals surface area contributed by atoms with E-state index in [4.69, 9.17) is 9.47 Å². The number of amides is 1. The van der Waals surface area contributed by atoms with Crippen LogP contribution < -0.4 is 14.8 Å². The van der Waals surface area contributed by atoms with Gasteiger partial charge in [0.15, 0.2) is 17.6 Å². The summed E-state index contributed by atoms with van der Waals surface area (Å²) in [5.41, 5.74) is 3.08. The Labute approximate surface area is 221 Å². The number of carbonyl (C=O) groups excluding carboxylic acids is 1. The zero-order valence-electron chi connectivity index (χ0n) is 20.0. The molecule has 2 unspecified atom stereocenters. The summed E-state index contributed by atoms with van der Waals surface area (Å²) in [6, 6.07) is 21.8. The largest absolute Gasteiger partial charge is 0.485 e. The van der Waals surface area contributed by atoms with Gasteiger partial charge >= 0.3 is 5.97 Å². The Morgan fingerprint density at radius 1 is 1.08 bits per heavy atom. The first-order chi connectivity index (χ1) is 18.5. The Bertz CT molecular complexity index is 1630. The number of para-hydroxylation sites is 2. The van der Waals surface area contributed by atoms with Crippen molar-refractivity contribution in [3.8, 4) is 11.5 Å². The second-order valence-corrected chi connectivity index (χ2v) is 9.66.